The Labute approximate surface area is 255 Å². The number of carbonyl (C=O) groups is 3. The minimum atomic E-state index is -1.93. The molecule has 3 rings (SSSR count). The van der Waals surface area contributed by atoms with Crippen LogP contribution < -0.4 is 4.74 Å². The van der Waals surface area contributed by atoms with E-state index in [1.807, 2.05) is 0 Å². The van der Waals surface area contributed by atoms with Crippen molar-refractivity contribution in [1.82, 2.24) is 9.80 Å². The van der Waals surface area contributed by atoms with Crippen LogP contribution in [0.5, 0.6) is 5.75 Å². The van der Waals surface area contributed by atoms with Crippen molar-refractivity contribution in [3.63, 3.8) is 0 Å². The van der Waals surface area contributed by atoms with Gasteiger partial charge in [-0.3, -0.25) is 4.90 Å². The molecular formula is C28H37Cl3N2O8. The average molecular weight is 636 g/mol. The third-order valence-corrected chi connectivity index (χ3v) is 7.96. The highest BCUT2D eigenvalue weighted by atomic mass is 35.6. The van der Waals surface area contributed by atoms with Crippen molar-refractivity contribution in [2.24, 2.45) is 0 Å². The predicted molar refractivity (Wildman–Crippen MR) is 155 cm³/mol. The zero-order valence-corrected chi connectivity index (χ0v) is 26.3. The number of carbonyl (C=O) groups excluding carboxylic acids is 3. The zero-order valence-electron chi connectivity index (χ0n) is 24.0. The fourth-order valence-electron chi connectivity index (χ4n) is 4.65. The van der Waals surface area contributed by atoms with Crippen LogP contribution >= 0.6 is 34.8 Å². The standard InChI is InChI=1S/C28H37Cl3N2O8/c1-7-38-23(35)22-20(17-8-10-19(11-9-17)39-13-12-34)14-18-15-32(24(36)40-26(2,3)4)16-21(22)33(18)25(37)41-27(5,6)28(29,30)31/h8-11,18,21,34H,7,12-16H2,1-6H3. The van der Waals surface area contributed by atoms with Gasteiger partial charge < -0.3 is 29.0 Å². The molecule has 0 aromatic heterocycles. The van der Waals surface area contributed by atoms with E-state index in [9.17, 15) is 14.4 Å². The molecule has 2 bridgehead atoms. The van der Waals surface area contributed by atoms with Crippen molar-refractivity contribution in [3.05, 3.63) is 35.4 Å². The smallest absolute Gasteiger partial charge is 0.411 e. The van der Waals surface area contributed by atoms with E-state index in [1.165, 1.54) is 23.6 Å². The lowest BCUT2D eigenvalue weighted by molar-refractivity contribution is -0.140. The number of halogens is 3. The van der Waals surface area contributed by atoms with E-state index >= 15 is 0 Å². The number of esters is 1. The molecule has 41 heavy (non-hydrogen) atoms. The Bertz CT molecular complexity index is 1160. The van der Waals surface area contributed by atoms with Gasteiger partial charge in [0.05, 0.1) is 30.9 Å². The predicted octanol–water partition coefficient (Wildman–Crippen LogP) is 5.35. The molecule has 2 unspecified atom stereocenters. The summed E-state index contributed by atoms with van der Waals surface area (Å²) in [6.07, 6.45) is -1.17. The Morgan fingerprint density at radius 2 is 1.61 bits per heavy atom. The Hall–Kier alpha value is -2.40. The molecule has 2 amide bonds. The third kappa shape index (κ3) is 7.91. The van der Waals surface area contributed by atoms with E-state index in [0.717, 1.165) is 5.56 Å². The van der Waals surface area contributed by atoms with Crippen molar-refractivity contribution < 1.29 is 38.4 Å². The van der Waals surface area contributed by atoms with Gasteiger partial charge in [-0.25, -0.2) is 14.4 Å². The van der Waals surface area contributed by atoms with Gasteiger partial charge in [0.1, 0.15) is 18.0 Å². The first-order valence-corrected chi connectivity index (χ1v) is 14.4. The molecule has 2 atom stereocenters. The molecule has 13 heteroatoms. The molecule has 0 spiro atoms. The molecular weight excluding hydrogens is 599 g/mol. The van der Waals surface area contributed by atoms with Gasteiger partial charge in [-0.1, -0.05) is 46.9 Å². The lowest BCUT2D eigenvalue weighted by Gasteiger charge is -2.50. The van der Waals surface area contributed by atoms with Crippen LogP contribution in [0.25, 0.3) is 5.57 Å². The number of alkyl halides is 3. The second-order valence-electron chi connectivity index (χ2n) is 11.3. The van der Waals surface area contributed by atoms with Crippen molar-refractivity contribution in [3.8, 4) is 5.75 Å². The molecule has 0 aliphatic carbocycles. The maximum Gasteiger partial charge on any atom is 0.411 e. The minimum absolute atomic E-state index is 0.0515. The number of fused-ring (bicyclic) bond motifs is 2. The first-order chi connectivity index (χ1) is 19.0. The van der Waals surface area contributed by atoms with Crippen LogP contribution in [0.4, 0.5) is 9.59 Å². The Morgan fingerprint density at radius 1 is 0.976 bits per heavy atom. The van der Waals surface area contributed by atoms with E-state index in [1.54, 1.807) is 52.0 Å². The third-order valence-electron chi connectivity index (χ3n) is 6.60. The number of aliphatic hydroxyl groups is 1. The molecule has 1 fully saturated rings. The average Bonchev–Trinajstić information content (AvgIpc) is 2.84. The van der Waals surface area contributed by atoms with Crippen LogP contribution in [0.15, 0.2) is 29.8 Å². The largest absolute Gasteiger partial charge is 0.491 e. The number of rotatable bonds is 7. The van der Waals surface area contributed by atoms with E-state index in [0.29, 0.717) is 11.3 Å². The number of benzene rings is 1. The normalized spacial score (nSPS) is 19.6. The molecule has 228 valence electrons. The van der Waals surface area contributed by atoms with Gasteiger partial charge in [0, 0.05) is 13.1 Å². The highest BCUT2D eigenvalue weighted by Gasteiger charge is 2.52. The minimum Gasteiger partial charge on any atom is -0.491 e. The van der Waals surface area contributed by atoms with Crippen molar-refractivity contribution >= 4 is 58.5 Å². The molecule has 0 radical (unpaired) electrons. The summed E-state index contributed by atoms with van der Waals surface area (Å²) in [5.74, 6) is -0.0802. The quantitative estimate of drug-likeness (QED) is 0.242. The Morgan fingerprint density at radius 3 is 2.15 bits per heavy atom. The molecule has 2 aliphatic rings. The van der Waals surface area contributed by atoms with Gasteiger partial charge in [0.2, 0.25) is 3.79 Å². The molecule has 2 heterocycles. The number of aliphatic hydroxyl groups excluding tert-OH is 1. The Balaban J connectivity index is 2.10. The summed E-state index contributed by atoms with van der Waals surface area (Å²) in [4.78, 5) is 43.2. The van der Waals surface area contributed by atoms with Crippen LogP contribution in [-0.2, 0) is 19.0 Å². The molecule has 1 aromatic carbocycles. The van der Waals surface area contributed by atoms with Gasteiger partial charge in [-0.2, -0.15) is 0 Å². The summed E-state index contributed by atoms with van der Waals surface area (Å²) >= 11 is 18.2. The molecule has 2 aliphatic heterocycles. The molecule has 1 N–H and O–H groups in total. The maximum absolute atomic E-state index is 13.7. The zero-order chi connectivity index (χ0) is 30.8. The summed E-state index contributed by atoms with van der Waals surface area (Å²) in [7, 11) is 0. The molecule has 10 nitrogen and oxygen atoms in total. The lowest BCUT2D eigenvalue weighted by Crippen LogP contribution is -2.66. The van der Waals surface area contributed by atoms with E-state index < -0.39 is 45.2 Å². The van der Waals surface area contributed by atoms with Gasteiger partial charge in [-0.15, -0.1) is 0 Å². The second-order valence-corrected chi connectivity index (χ2v) is 13.5. The first-order valence-electron chi connectivity index (χ1n) is 13.3. The SMILES string of the molecule is CCOC(=O)C1=C(c2ccc(OCCO)cc2)CC2CN(C(=O)OC(C)(C)C)CC1N2C(=O)OC(C)(C)C(Cl)(Cl)Cl. The maximum atomic E-state index is 13.7. The number of piperazine rings is 1. The number of amides is 2. The second kappa shape index (κ2) is 12.9. The summed E-state index contributed by atoms with van der Waals surface area (Å²) in [6.45, 7) is 10.1. The highest BCUT2D eigenvalue weighted by Crippen LogP contribution is 2.43. The van der Waals surface area contributed by atoms with E-state index in [4.69, 9.17) is 58.9 Å². The van der Waals surface area contributed by atoms with E-state index in [-0.39, 0.29) is 44.9 Å². The van der Waals surface area contributed by atoms with Gasteiger partial charge in [-0.05, 0) is 71.2 Å². The van der Waals surface area contributed by atoms with Crippen LogP contribution in [0.3, 0.4) is 0 Å². The number of ether oxygens (including phenoxy) is 4. The van der Waals surface area contributed by atoms with Crippen LogP contribution in [0.2, 0.25) is 0 Å². The highest BCUT2D eigenvalue weighted by molar-refractivity contribution is 6.68. The molecule has 1 saturated heterocycles. The summed E-state index contributed by atoms with van der Waals surface area (Å²) in [5, 5.41) is 9.05. The molecule has 0 saturated carbocycles. The van der Waals surface area contributed by atoms with Crippen molar-refractivity contribution in [2.45, 2.75) is 75.0 Å². The van der Waals surface area contributed by atoms with Crippen LogP contribution in [-0.4, -0.2) is 93.1 Å². The van der Waals surface area contributed by atoms with Crippen molar-refractivity contribution in [2.75, 3.05) is 32.9 Å². The van der Waals surface area contributed by atoms with Gasteiger partial charge in [0.25, 0.3) is 0 Å². The summed E-state index contributed by atoms with van der Waals surface area (Å²) in [6, 6.07) is 5.51. The molecule has 1 aromatic rings. The summed E-state index contributed by atoms with van der Waals surface area (Å²) < 4.78 is 20.3. The van der Waals surface area contributed by atoms with E-state index in [2.05, 4.69) is 0 Å². The fourth-order valence-corrected chi connectivity index (χ4v) is 4.76. The van der Waals surface area contributed by atoms with Crippen molar-refractivity contribution in [1.29, 1.82) is 0 Å². The lowest BCUT2D eigenvalue weighted by atomic mass is 9.82. The Kier molecular flexibility index (Phi) is 10.4. The van der Waals surface area contributed by atoms with Crippen LogP contribution in [0.1, 0.15) is 53.5 Å². The van der Waals surface area contributed by atoms with Crippen LogP contribution in [0, 0.1) is 0 Å². The summed E-state index contributed by atoms with van der Waals surface area (Å²) in [5.41, 5.74) is -0.655. The van der Waals surface area contributed by atoms with Gasteiger partial charge in [0.15, 0.2) is 5.60 Å². The fraction of sp³-hybridized carbons (Fsp3) is 0.607. The number of nitrogens with zero attached hydrogens (tertiary/aromatic N) is 2. The van der Waals surface area contributed by atoms with Gasteiger partial charge >= 0.3 is 18.2 Å². The topological polar surface area (TPSA) is 115 Å². The number of hydrogen-bond acceptors (Lipinski definition) is 8. The first kappa shape index (κ1) is 33.1. The number of hydrogen-bond donors (Lipinski definition) is 1. The monoisotopic (exact) mass is 634 g/mol.